The summed E-state index contributed by atoms with van der Waals surface area (Å²) in [6.45, 7) is 3.28. The Balaban J connectivity index is 1.47. The molecule has 9 nitrogen and oxygen atoms in total. The molecule has 0 saturated carbocycles. The third kappa shape index (κ3) is 4.46. The van der Waals surface area contributed by atoms with E-state index in [1.165, 1.54) is 28.6 Å². The Hall–Kier alpha value is -3.21. The van der Waals surface area contributed by atoms with Crippen LogP contribution in [-0.2, 0) is 14.8 Å². The van der Waals surface area contributed by atoms with Gasteiger partial charge in [0.1, 0.15) is 11.4 Å². The number of carbonyl (C=O) groups is 1. The number of aromatic nitrogens is 2. The quantitative estimate of drug-likeness (QED) is 0.557. The second-order valence-electron chi connectivity index (χ2n) is 7.18. The number of H-pyrrole nitrogens is 1. The lowest BCUT2D eigenvalue weighted by atomic mass is 10.1. The van der Waals surface area contributed by atoms with E-state index in [4.69, 9.17) is 4.74 Å². The first kappa shape index (κ1) is 21.0. The van der Waals surface area contributed by atoms with Crippen molar-refractivity contribution in [1.29, 1.82) is 0 Å². The number of nitrogens with zero attached hydrogens (tertiary/aromatic N) is 2. The molecule has 1 aliphatic heterocycles. The van der Waals surface area contributed by atoms with Crippen molar-refractivity contribution in [1.82, 2.24) is 14.5 Å². The number of morpholine rings is 1. The zero-order valence-electron chi connectivity index (χ0n) is 16.8. The Bertz CT molecular complexity index is 1200. The summed E-state index contributed by atoms with van der Waals surface area (Å²) in [6, 6.07) is 12.7. The molecule has 2 aromatic carbocycles. The summed E-state index contributed by atoms with van der Waals surface area (Å²) < 4.78 is 31.9. The minimum Gasteiger partial charge on any atom is -0.507 e. The highest BCUT2D eigenvalue weighted by molar-refractivity contribution is 7.89. The second-order valence-corrected chi connectivity index (χ2v) is 9.12. The number of phenolic OH excluding ortho intramolecular Hbond substituents is 1. The topological polar surface area (TPSA) is 125 Å². The smallest absolute Gasteiger partial charge is 0.273 e. The van der Waals surface area contributed by atoms with Crippen LogP contribution >= 0.6 is 0 Å². The average Bonchev–Trinajstić information content (AvgIpc) is 3.27. The number of aryl methyl sites for hydroxylation is 1. The average molecular weight is 442 g/mol. The molecule has 1 aromatic heterocycles. The number of amides is 1. The van der Waals surface area contributed by atoms with Crippen LogP contribution in [0.4, 0.5) is 5.69 Å². The molecule has 3 N–H and O–H groups in total. The molecule has 0 aliphatic carbocycles. The maximum Gasteiger partial charge on any atom is 0.273 e. The van der Waals surface area contributed by atoms with Crippen LogP contribution < -0.4 is 5.32 Å². The number of carbonyl (C=O) groups excluding carboxylic acids is 1. The van der Waals surface area contributed by atoms with E-state index >= 15 is 0 Å². The Labute approximate surface area is 179 Å². The molecule has 0 unspecified atom stereocenters. The number of anilines is 1. The van der Waals surface area contributed by atoms with Crippen molar-refractivity contribution < 1.29 is 23.1 Å². The van der Waals surface area contributed by atoms with Gasteiger partial charge in [-0.3, -0.25) is 9.89 Å². The highest BCUT2D eigenvalue weighted by Crippen LogP contribution is 2.29. The van der Waals surface area contributed by atoms with E-state index in [2.05, 4.69) is 15.5 Å². The van der Waals surface area contributed by atoms with Gasteiger partial charge >= 0.3 is 0 Å². The Morgan fingerprint density at radius 2 is 1.84 bits per heavy atom. The largest absolute Gasteiger partial charge is 0.507 e. The predicted molar refractivity (Wildman–Crippen MR) is 114 cm³/mol. The molecule has 2 heterocycles. The van der Waals surface area contributed by atoms with Crippen LogP contribution in [0.2, 0.25) is 0 Å². The van der Waals surface area contributed by atoms with Crippen LogP contribution in [0.25, 0.3) is 11.3 Å². The molecule has 1 saturated heterocycles. The summed E-state index contributed by atoms with van der Waals surface area (Å²) in [5, 5.41) is 19.5. The lowest BCUT2D eigenvalue weighted by Crippen LogP contribution is -2.40. The molecule has 3 aromatic rings. The lowest BCUT2D eigenvalue weighted by Gasteiger charge is -2.26. The van der Waals surface area contributed by atoms with E-state index in [1.54, 1.807) is 24.3 Å². The van der Waals surface area contributed by atoms with Crippen LogP contribution in [0.1, 0.15) is 16.1 Å². The number of hydrogen-bond acceptors (Lipinski definition) is 6. The normalized spacial score (nSPS) is 15.0. The molecule has 0 atom stereocenters. The molecular weight excluding hydrogens is 420 g/mol. The van der Waals surface area contributed by atoms with E-state index in [-0.39, 0.29) is 16.3 Å². The predicted octanol–water partition coefficient (Wildman–Crippen LogP) is 2.36. The first-order valence-electron chi connectivity index (χ1n) is 9.69. The fourth-order valence-corrected chi connectivity index (χ4v) is 4.68. The van der Waals surface area contributed by atoms with Gasteiger partial charge in [-0.1, -0.05) is 11.6 Å². The van der Waals surface area contributed by atoms with Gasteiger partial charge in [0.2, 0.25) is 10.0 Å². The van der Waals surface area contributed by atoms with Crippen LogP contribution in [0.5, 0.6) is 5.75 Å². The summed E-state index contributed by atoms with van der Waals surface area (Å²) in [6.07, 6.45) is 0. The number of aromatic amines is 1. The zero-order valence-corrected chi connectivity index (χ0v) is 17.6. The molecule has 31 heavy (non-hydrogen) atoms. The van der Waals surface area contributed by atoms with Crippen LogP contribution in [-0.4, -0.2) is 60.2 Å². The van der Waals surface area contributed by atoms with E-state index in [1.807, 2.05) is 6.92 Å². The number of aromatic hydroxyl groups is 1. The molecule has 1 aliphatic rings. The van der Waals surface area contributed by atoms with Crippen molar-refractivity contribution >= 4 is 21.6 Å². The minimum absolute atomic E-state index is 0.0705. The third-order valence-electron chi connectivity index (χ3n) is 4.97. The molecule has 0 spiro atoms. The van der Waals surface area contributed by atoms with Gasteiger partial charge in [-0.25, -0.2) is 8.42 Å². The van der Waals surface area contributed by atoms with Gasteiger partial charge in [-0.15, -0.1) is 0 Å². The molecule has 4 rings (SSSR count). The van der Waals surface area contributed by atoms with Crippen LogP contribution in [0.15, 0.2) is 53.4 Å². The van der Waals surface area contributed by atoms with Gasteiger partial charge in [0.25, 0.3) is 5.91 Å². The van der Waals surface area contributed by atoms with Crippen molar-refractivity contribution in [2.24, 2.45) is 0 Å². The van der Waals surface area contributed by atoms with Gasteiger partial charge < -0.3 is 15.2 Å². The number of sulfonamides is 1. The molecule has 0 radical (unpaired) electrons. The van der Waals surface area contributed by atoms with Crippen LogP contribution in [0, 0.1) is 6.92 Å². The number of benzene rings is 2. The van der Waals surface area contributed by atoms with Crippen molar-refractivity contribution in [2.75, 3.05) is 31.6 Å². The van der Waals surface area contributed by atoms with Gasteiger partial charge in [-0.2, -0.15) is 9.40 Å². The fraction of sp³-hybridized carbons (Fsp3) is 0.238. The van der Waals surface area contributed by atoms with E-state index in [0.717, 1.165) is 5.56 Å². The molecule has 1 amide bonds. The van der Waals surface area contributed by atoms with Crippen molar-refractivity contribution in [3.8, 4) is 17.0 Å². The SMILES string of the molecule is Cc1ccc(O)c(-c2cc(C(=O)Nc3ccc(S(=O)(=O)N4CCOCC4)cc3)[nH]n2)c1. The number of nitrogens with one attached hydrogen (secondary N) is 2. The monoisotopic (exact) mass is 442 g/mol. The third-order valence-corrected chi connectivity index (χ3v) is 6.88. The summed E-state index contributed by atoms with van der Waals surface area (Å²) >= 11 is 0. The molecule has 1 fully saturated rings. The van der Waals surface area contributed by atoms with Crippen molar-refractivity contribution in [2.45, 2.75) is 11.8 Å². The lowest BCUT2D eigenvalue weighted by molar-refractivity contribution is 0.0730. The molecule has 0 bridgehead atoms. The Kier molecular flexibility index (Phi) is 5.77. The van der Waals surface area contributed by atoms with E-state index in [0.29, 0.717) is 43.2 Å². The zero-order chi connectivity index (χ0) is 22.0. The standard InChI is InChI=1S/C21H22N4O5S/c1-14-2-7-20(26)17(12-14)18-13-19(24-23-18)21(27)22-15-3-5-16(6-4-15)31(28,29)25-8-10-30-11-9-25/h2-7,12-13,26H,8-11H2,1H3,(H,22,27)(H,23,24). The van der Waals surface area contributed by atoms with E-state index < -0.39 is 15.9 Å². The Morgan fingerprint density at radius 3 is 2.55 bits per heavy atom. The maximum atomic E-state index is 12.7. The van der Waals surface area contributed by atoms with Gasteiger partial charge in [0.05, 0.1) is 23.8 Å². The number of ether oxygens (including phenoxy) is 1. The molecule has 162 valence electrons. The first-order chi connectivity index (χ1) is 14.8. The minimum atomic E-state index is -3.59. The second kappa shape index (κ2) is 8.50. The first-order valence-corrected chi connectivity index (χ1v) is 11.1. The van der Waals surface area contributed by atoms with Crippen molar-refractivity contribution in [3.63, 3.8) is 0 Å². The van der Waals surface area contributed by atoms with Crippen LogP contribution in [0.3, 0.4) is 0 Å². The fourth-order valence-electron chi connectivity index (χ4n) is 3.28. The van der Waals surface area contributed by atoms with Gasteiger partial charge in [0, 0.05) is 24.3 Å². The highest BCUT2D eigenvalue weighted by atomic mass is 32.2. The Morgan fingerprint density at radius 1 is 1.13 bits per heavy atom. The van der Waals surface area contributed by atoms with E-state index in [9.17, 15) is 18.3 Å². The highest BCUT2D eigenvalue weighted by Gasteiger charge is 2.26. The van der Waals surface area contributed by atoms with Gasteiger partial charge in [-0.05, 0) is 49.4 Å². The number of phenols is 1. The summed E-state index contributed by atoms with van der Waals surface area (Å²) in [4.78, 5) is 12.7. The summed E-state index contributed by atoms with van der Waals surface area (Å²) in [7, 11) is -3.59. The molecular formula is C21H22N4O5S. The van der Waals surface area contributed by atoms with Gasteiger partial charge in [0.15, 0.2) is 0 Å². The number of hydrogen-bond donors (Lipinski definition) is 3. The summed E-state index contributed by atoms with van der Waals surface area (Å²) in [5.74, 6) is -0.365. The summed E-state index contributed by atoms with van der Waals surface area (Å²) in [5.41, 5.74) is 2.57. The number of rotatable bonds is 5. The van der Waals surface area contributed by atoms with Crippen molar-refractivity contribution in [3.05, 3.63) is 59.8 Å². The molecule has 10 heteroatoms. The maximum absolute atomic E-state index is 12.7.